The van der Waals surface area contributed by atoms with Crippen molar-refractivity contribution in [2.45, 2.75) is 25.8 Å². The summed E-state index contributed by atoms with van der Waals surface area (Å²) in [5.41, 5.74) is -0.728. The highest BCUT2D eigenvalue weighted by Gasteiger charge is 2.44. The van der Waals surface area contributed by atoms with Gasteiger partial charge < -0.3 is 4.90 Å². The Morgan fingerprint density at radius 2 is 2.19 bits per heavy atom. The number of hydrogen-bond acceptors (Lipinski definition) is 3. The molecule has 1 saturated heterocycles. The van der Waals surface area contributed by atoms with Gasteiger partial charge in [0.25, 0.3) is 5.91 Å². The number of carbonyl (C=O) groups is 2. The molecule has 0 bridgehead atoms. The number of rotatable bonds is 3. The molecule has 2 rings (SSSR count). The molecule has 0 atom stereocenters. The van der Waals surface area contributed by atoms with Crippen LogP contribution in [0.2, 0.25) is 0 Å². The molecule has 0 unspecified atom stereocenters. The smallest absolute Gasteiger partial charge is 0.310 e. The van der Waals surface area contributed by atoms with E-state index in [4.69, 9.17) is 0 Å². The van der Waals surface area contributed by atoms with E-state index in [1.807, 2.05) is 17.5 Å². The van der Waals surface area contributed by atoms with Gasteiger partial charge >= 0.3 is 6.03 Å². The highest BCUT2D eigenvalue weighted by atomic mass is 32.1. The third kappa shape index (κ3) is 1.82. The topological polar surface area (TPSA) is 49.4 Å². The van der Waals surface area contributed by atoms with E-state index >= 15 is 0 Å². The van der Waals surface area contributed by atoms with Gasteiger partial charge in [-0.2, -0.15) is 0 Å². The summed E-state index contributed by atoms with van der Waals surface area (Å²) in [5, 5.41) is 4.35. The van der Waals surface area contributed by atoms with Gasteiger partial charge in [-0.25, -0.2) is 4.79 Å². The van der Waals surface area contributed by atoms with Gasteiger partial charge in [-0.1, -0.05) is 6.07 Å². The highest BCUT2D eigenvalue weighted by Crippen LogP contribution is 2.21. The molecule has 16 heavy (non-hydrogen) atoms. The van der Waals surface area contributed by atoms with Crippen LogP contribution in [0.5, 0.6) is 0 Å². The number of nitrogens with zero attached hydrogens (tertiary/aromatic N) is 1. The second-order valence-electron chi connectivity index (χ2n) is 4.30. The van der Waals surface area contributed by atoms with Crippen molar-refractivity contribution >= 4 is 23.3 Å². The molecule has 1 aromatic rings. The van der Waals surface area contributed by atoms with Crippen LogP contribution >= 0.6 is 11.3 Å². The summed E-state index contributed by atoms with van der Waals surface area (Å²) < 4.78 is 0. The lowest BCUT2D eigenvalue weighted by atomic mass is 10.0. The number of carbonyl (C=O) groups excluding carboxylic acids is 2. The minimum absolute atomic E-state index is 0.219. The first-order valence-electron chi connectivity index (χ1n) is 5.17. The molecule has 0 spiro atoms. The first kappa shape index (κ1) is 11.1. The van der Waals surface area contributed by atoms with E-state index < -0.39 is 5.54 Å². The van der Waals surface area contributed by atoms with E-state index in [1.54, 1.807) is 30.1 Å². The summed E-state index contributed by atoms with van der Waals surface area (Å²) in [6, 6.07) is 3.74. The monoisotopic (exact) mass is 238 g/mol. The van der Waals surface area contributed by atoms with Gasteiger partial charge in [0.2, 0.25) is 0 Å². The van der Waals surface area contributed by atoms with Crippen LogP contribution in [0.25, 0.3) is 0 Å². The fraction of sp³-hybridized carbons (Fsp3) is 0.455. The third-order valence-electron chi connectivity index (χ3n) is 2.86. The fourth-order valence-corrected chi connectivity index (χ4v) is 2.45. The molecule has 1 aliphatic rings. The summed E-state index contributed by atoms with van der Waals surface area (Å²) in [7, 11) is 0. The lowest BCUT2D eigenvalue weighted by Crippen LogP contribution is -2.45. The maximum absolute atomic E-state index is 11.6. The van der Waals surface area contributed by atoms with Gasteiger partial charge in [0.15, 0.2) is 0 Å². The quantitative estimate of drug-likeness (QED) is 0.813. The number of urea groups is 1. The zero-order chi connectivity index (χ0) is 11.8. The number of imide groups is 1. The molecule has 1 aromatic heterocycles. The molecule has 0 aliphatic carbocycles. The molecule has 0 aromatic carbocycles. The van der Waals surface area contributed by atoms with E-state index in [-0.39, 0.29) is 11.9 Å². The van der Waals surface area contributed by atoms with Gasteiger partial charge in [-0.15, -0.1) is 11.3 Å². The minimum Gasteiger partial charge on any atom is -0.310 e. The Balaban J connectivity index is 2.04. The Kier molecular flexibility index (Phi) is 2.71. The van der Waals surface area contributed by atoms with Crippen LogP contribution in [0.1, 0.15) is 18.7 Å². The SMILES string of the molecule is CC1(C)C(=O)NC(=O)N1CCc1cccs1. The zero-order valence-corrected chi connectivity index (χ0v) is 10.1. The zero-order valence-electron chi connectivity index (χ0n) is 9.32. The minimum atomic E-state index is -0.728. The van der Waals surface area contributed by atoms with Crippen LogP contribution in [-0.2, 0) is 11.2 Å². The van der Waals surface area contributed by atoms with E-state index in [2.05, 4.69) is 5.32 Å². The molecule has 86 valence electrons. The van der Waals surface area contributed by atoms with Crippen molar-refractivity contribution in [2.75, 3.05) is 6.54 Å². The van der Waals surface area contributed by atoms with Crippen molar-refractivity contribution < 1.29 is 9.59 Å². The third-order valence-corrected chi connectivity index (χ3v) is 3.79. The van der Waals surface area contributed by atoms with Gasteiger partial charge in [0, 0.05) is 11.4 Å². The van der Waals surface area contributed by atoms with Crippen LogP contribution in [0.15, 0.2) is 17.5 Å². The lowest BCUT2D eigenvalue weighted by Gasteiger charge is -2.27. The second-order valence-corrected chi connectivity index (χ2v) is 5.33. The predicted molar refractivity (Wildman–Crippen MR) is 62.3 cm³/mol. The van der Waals surface area contributed by atoms with Crippen molar-refractivity contribution in [1.82, 2.24) is 10.2 Å². The van der Waals surface area contributed by atoms with Crippen LogP contribution in [0.3, 0.4) is 0 Å². The van der Waals surface area contributed by atoms with Crippen LogP contribution in [0, 0.1) is 0 Å². The molecule has 4 nitrogen and oxygen atoms in total. The van der Waals surface area contributed by atoms with Crippen molar-refractivity contribution in [1.29, 1.82) is 0 Å². The second kappa shape index (κ2) is 3.90. The molecule has 0 saturated carbocycles. The van der Waals surface area contributed by atoms with Crippen LogP contribution < -0.4 is 5.32 Å². The Labute approximate surface area is 98.3 Å². The van der Waals surface area contributed by atoms with Crippen molar-refractivity contribution in [2.24, 2.45) is 0 Å². The number of thiophene rings is 1. The van der Waals surface area contributed by atoms with E-state index in [9.17, 15) is 9.59 Å². The number of amides is 3. The Morgan fingerprint density at radius 1 is 1.44 bits per heavy atom. The average Bonchev–Trinajstić information content (AvgIpc) is 2.75. The maximum Gasteiger partial charge on any atom is 0.325 e. The lowest BCUT2D eigenvalue weighted by molar-refractivity contribution is -0.125. The maximum atomic E-state index is 11.6. The molecule has 1 aliphatic heterocycles. The van der Waals surface area contributed by atoms with Gasteiger partial charge in [0.05, 0.1) is 0 Å². The van der Waals surface area contributed by atoms with E-state index in [0.29, 0.717) is 6.54 Å². The predicted octanol–water partition coefficient (Wildman–Crippen LogP) is 1.62. The largest absolute Gasteiger partial charge is 0.325 e. The molecule has 3 amide bonds. The first-order valence-corrected chi connectivity index (χ1v) is 6.05. The fourth-order valence-electron chi connectivity index (χ4n) is 1.75. The normalized spacial score (nSPS) is 19.0. The molecule has 1 fully saturated rings. The Bertz CT molecular complexity index is 412. The Morgan fingerprint density at radius 3 is 2.69 bits per heavy atom. The summed E-state index contributed by atoms with van der Waals surface area (Å²) in [4.78, 5) is 25.9. The first-order chi connectivity index (χ1) is 7.51. The highest BCUT2D eigenvalue weighted by molar-refractivity contribution is 7.09. The van der Waals surface area contributed by atoms with Crippen molar-refractivity contribution in [3.05, 3.63) is 22.4 Å². The number of nitrogens with one attached hydrogen (secondary N) is 1. The van der Waals surface area contributed by atoms with Crippen molar-refractivity contribution in [3.63, 3.8) is 0 Å². The molecule has 0 radical (unpaired) electrons. The van der Waals surface area contributed by atoms with Crippen molar-refractivity contribution in [3.8, 4) is 0 Å². The van der Waals surface area contributed by atoms with Crippen LogP contribution in [-0.4, -0.2) is 28.9 Å². The summed E-state index contributed by atoms with van der Waals surface area (Å²) in [6.45, 7) is 4.11. The summed E-state index contributed by atoms with van der Waals surface area (Å²) in [5.74, 6) is -0.219. The van der Waals surface area contributed by atoms with Gasteiger partial charge in [-0.3, -0.25) is 10.1 Å². The molecule has 2 heterocycles. The Hall–Kier alpha value is -1.36. The standard InChI is InChI=1S/C11H14N2O2S/c1-11(2)9(14)12-10(15)13(11)6-5-8-4-3-7-16-8/h3-4,7H,5-6H2,1-2H3,(H,12,14,15). The van der Waals surface area contributed by atoms with Gasteiger partial charge in [-0.05, 0) is 31.7 Å². The molecule has 5 heteroatoms. The van der Waals surface area contributed by atoms with E-state index in [1.165, 1.54) is 4.88 Å². The van der Waals surface area contributed by atoms with Crippen LogP contribution in [0.4, 0.5) is 4.79 Å². The summed E-state index contributed by atoms with van der Waals surface area (Å²) in [6.07, 6.45) is 0.793. The molecule has 1 N–H and O–H groups in total. The molecular weight excluding hydrogens is 224 g/mol. The van der Waals surface area contributed by atoms with Gasteiger partial charge in [0.1, 0.15) is 5.54 Å². The average molecular weight is 238 g/mol. The van der Waals surface area contributed by atoms with E-state index in [0.717, 1.165) is 6.42 Å². The summed E-state index contributed by atoms with van der Waals surface area (Å²) >= 11 is 1.67. The number of hydrogen-bond donors (Lipinski definition) is 1. The molecular formula is C11H14N2O2S.